The largest absolute Gasteiger partial charge is 0.493 e. The van der Waals surface area contributed by atoms with Crippen LogP contribution < -0.4 is 9.47 Å². The summed E-state index contributed by atoms with van der Waals surface area (Å²) in [7, 11) is 0.861. The highest BCUT2D eigenvalue weighted by Gasteiger charge is 2.65. The van der Waals surface area contributed by atoms with Gasteiger partial charge in [0.15, 0.2) is 11.5 Å². The average Bonchev–Trinajstić information content (AvgIpc) is 3.00. The van der Waals surface area contributed by atoms with Crippen LogP contribution in [0, 0.1) is 0 Å². The number of alkyl halides is 10. The molecule has 0 unspecified atom stereocenters. The maximum Gasteiger partial charge on any atom is 0.465 e. The Bertz CT molecular complexity index is 990. The number of nitrogens with zero attached hydrogens (tertiary/aromatic N) is 1. The molecule has 5 nitrogen and oxygen atoms in total. The second-order valence-corrected chi connectivity index (χ2v) is 5.59. The molecule has 0 N–H and O–H groups in total. The summed E-state index contributed by atoms with van der Waals surface area (Å²) in [6.45, 7) is 0. The van der Waals surface area contributed by atoms with Crippen molar-refractivity contribution in [3.8, 4) is 11.5 Å². The summed E-state index contributed by atoms with van der Waals surface area (Å²) in [6.07, 6.45) is -12.2. The van der Waals surface area contributed by atoms with E-state index >= 15 is 0 Å². The summed E-state index contributed by atoms with van der Waals surface area (Å²) < 4.78 is 135. The minimum absolute atomic E-state index is 0.235. The van der Waals surface area contributed by atoms with Gasteiger partial charge < -0.3 is 9.47 Å². The summed E-state index contributed by atoms with van der Waals surface area (Å²) in [5, 5.41) is -0.263. The lowest BCUT2D eigenvalue weighted by Gasteiger charge is -2.20. The predicted octanol–water partition coefficient (Wildman–Crippen LogP) is 4.59. The van der Waals surface area contributed by atoms with E-state index in [-0.39, 0.29) is 9.95 Å². The smallest absolute Gasteiger partial charge is 0.465 e. The first-order chi connectivity index (χ1) is 13.4. The average molecular weight is 455 g/mol. The fraction of sp³-hybridized carbons (Fsp3) is 0.333. The number of carbonyl (C=O) groups is 2. The van der Waals surface area contributed by atoms with Gasteiger partial charge in [-0.05, 0) is 12.1 Å². The standard InChI is InChI=1S/C15H7F10NO4/c1-29-8-4-6-2-3-26(10(27)12(16,17)14(20,21)22)7(6)5-9(8)30-11(28)13(18,19)15(23,24)25/h2-5H,1H3. The molecule has 0 bridgehead atoms. The van der Waals surface area contributed by atoms with Crippen LogP contribution in [0.2, 0.25) is 0 Å². The Hall–Kier alpha value is -3.00. The molecular formula is C15H7F10NO4. The van der Waals surface area contributed by atoms with Gasteiger partial charge in [-0.25, -0.2) is 4.79 Å². The van der Waals surface area contributed by atoms with Gasteiger partial charge in [-0.3, -0.25) is 9.36 Å². The van der Waals surface area contributed by atoms with Gasteiger partial charge in [0.05, 0.1) is 12.6 Å². The van der Waals surface area contributed by atoms with E-state index in [1.807, 2.05) is 0 Å². The molecule has 0 aliphatic heterocycles. The Labute approximate surface area is 158 Å². The normalized spacial score (nSPS) is 13.4. The summed E-state index contributed by atoms with van der Waals surface area (Å²) in [4.78, 5) is 22.9. The summed E-state index contributed by atoms with van der Waals surface area (Å²) in [6, 6.07) is 1.92. The highest BCUT2D eigenvalue weighted by atomic mass is 19.4. The molecule has 0 saturated heterocycles. The Morgan fingerprint density at radius 3 is 1.83 bits per heavy atom. The molecule has 0 fully saturated rings. The van der Waals surface area contributed by atoms with Gasteiger partial charge in [0.25, 0.3) is 0 Å². The zero-order valence-electron chi connectivity index (χ0n) is 14.2. The number of halogens is 10. The number of esters is 1. The van der Waals surface area contributed by atoms with E-state index < -0.39 is 53.1 Å². The molecule has 0 radical (unpaired) electrons. The van der Waals surface area contributed by atoms with Gasteiger partial charge in [-0.2, -0.15) is 43.9 Å². The van der Waals surface area contributed by atoms with Crippen molar-refractivity contribution >= 4 is 22.8 Å². The molecule has 1 aromatic heterocycles. The number of fused-ring (bicyclic) bond motifs is 1. The van der Waals surface area contributed by atoms with Crippen molar-refractivity contribution in [2.24, 2.45) is 0 Å². The van der Waals surface area contributed by atoms with E-state index in [4.69, 9.17) is 0 Å². The summed E-state index contributed by atoms with van der Waals surface area (Å²) >= 11 is 0. The molecule has 1 heterocycles. The lowest BCUT2D eigenvalue weighted by atomic mass is 10.2. The number of aromatic nitrogens is 1. The van der Waals surface area contributed by atoms with Crippen LogP contribution in [0.3, 0.4) is 0 Å². The SMILES string of the molecule is COc1cc2ccn(C(=O)C(F)(F)C(F)(F)F)c2cc1OC(=O)C(F)(F)C(F)(F)F. The Morgan fingerprint density at radius 1 is 0.833 bits per heavy atom. The quantitative estimate of drug-likeness (QED) is 0.385. The number of rotatable bonds is 4. The first-order valence-electron chi connectivity index (χ1n) is 7.30. The van der Waals surface area contributed by atoms with Gasteiger partial charge in [0.2, 0.25) is 0 Å². The topological polar surface area (TPSA) is 57.5 Å². The molecular weight excluding hydrogens is 448 g/mol. The number of carbonyl (C=O) groups excluding carboxylic acids is 2. The van der Waals surface area contributed by atoms with E-state index in [1.54, 1.807) is 0 Å². The monoisotopic (exact) mass is 455 g/mol. The molecule has 0 spiro atoms. The van der Waals surface area contributed by atoms with E-state index in [0.29, 0.717) is 12.3 Å². The first kappa shape index (κ1) is 23.3. The number of hydrogen-bond donors (Lipinski definition) is 0. The first-order valence-corrected chi connectivity index (χ1v) is 7.30. The third-order valence-electron chi connectivity index (χ3n) is 3.63. The van der Waals surface area contributed by atoms with Crippen LogP contribution in [-0.4, -0.2) is 47.8 Å². The predicted molar refractivity (Wildman–Crippen MR) is 76.8 cm³/mol. The number of methoxy groups -OCH3 is 1. The van der Waals surface area contributed by atoms with Crippen LogP contribution in [0.1, 0.15) is 4.79 Å². The van der Waals surface area contributed by atoms with Crippen LogP contribution >= 0.6 is 0 Å². The van der Waals surface area contributed by atoms with E-state index in [2.05, 4.69) is 9.47 Å². The third-order valence-corrected chi connectivity index (χ3v) is 3.63. The zero-order valence-corrected chi connectivity index (χ0v) is 14.2. The van der Waals surface area contributed by atoms with Crippen LogP contribution in [0.25, 0.3) is 10.9 Å². The number of hydrogen-bond acceptors (Lipinski definition) is 4. The van der Waals surface area contributed by atoms with Crippen LogP contribution in [0.5, 0.6) is 11.5 Å². The summed E-state index contributed by atoms with van der Waals surface area (Å²) in [5.74, 6) is -19.6. The van der Waals surface area contributed by atoms with Gasteiger partial charge in [-0.15, -0.1) is 0 Å². The van der Waals surface area contributed by atoms with Crippen molar-refractivity contribution in [1.82, 2.24) is 4.57 Å². The van der Waals surface area contributed by atoms with Crippen LogP contribution in [0.4, 0.5) is 43.9 Å². The second kappa shape index (κ2) is 7.05. The maximum atomic E-state index is 13.3. The number of ether oxygens (including phenoxy) is 2. The van der Waals surface area contributed by atoms with Crippen molar-refractivity contribution in [2.75, 3.05) is 7.11 Å². The molecule has 2 aromatic rings. The van der Waals surface area contributed by atoms with Crippen LogP contribution in [0.15, 0.2) is 24.4 Å². The van der Waals surface area contributed by atoms with Crippen molar-refractivity contribution in [2.45, 2.75) is 24.2 Å². The van der Waals surface area contributed by atoms with Crippen molar-refractivity contribution in [3.63, 3.8) is 0 Å². The zero-order chi connectivity index (χ0) is 23.3. The summed E-state index contributed by atoms with van der Waals surface area (Å²) in [5.41, 5.74) is -0.817. The van der Waals surface area contributed by atoms with Crippen LogP contribution in [-0.2, 0) is 4.79 Å². The molecule has 15 heteroatoms. The molecule has 0 saturated carbocycles. The van der Waals surface area contributed by atoms with E-state index in [9.17, 15) is 53.5 Å². The lowest BCUT2D eigenvalue weighted by molar-refractivity contribution is -0.276. The molecule has 2 rings (SSSR count). The van der Waals surface area contributed by atoms with E-state index in [1.165, 1.54) is 0 Å². The van der Waals surface area contributed by atoms with Crippen molar-refractivity contribution < 1.29 is 63.0 Å². The minimum atomic E-state index is -6.34. The highest BCUT2D eigenvalue weighted by molar-refractivity contribution is 5.97. The lowest BCUT2D eigenvalue weighted by Crippen LogP contribution is -2.46. The molecule has 166 valence electrons. The van der Waals surface area contributed by atoms with Crippen molar-refractivity contribution in [1.29, 1.82) is 0 Å². The molecule has 0 aliphatic carbocycles. The van der Waals surface area contributed by atoms with E-state index in [0.717, 1.165) is 19.2 Å². The Morgan fingerprint density at radius 2 is 1.37 bits per heavy atom. The Balaban J connectivity index is 2.57. The highest BCUT2D eigenvalue weighted by Crippen LogP contribution is 2.41. The van der Waals surface area contributed by atoms with Crippen molar-refractivity contribution in [3.05, 3.63) is 24.4 Å². The molecule has 0 amide bonds. The minimum Gasteiger partial charge on any atom is -0.493 e. The third kappa shape index (κ3) is 3.75. The molecule has 1 aromatic carbocycles. The van der Waals surface area contributed by atoms with Gasteiger partial charge in [-0.1, -0.05) is 0 Å². The fourth-order valence-corrected chi connectivity index (χ4v) is 2.11. The second-order valence-electron chi connectivity index (χ2n) is 5.59. The van der Waals surface area contributed by atoms with Gasteiger partial charge in [0, 0.05) is 17.6 Å². The van der Waals surface area contributed by atoms with Gasteiger partial charge in [0.1, 0.15) is 0 Å². The number of benzene rings is 1. The molecule has 0 atom stereocenters. The Kier molecular flexibility index (Phi) is 5.47. The fourth-order valence-electron chi connectivity index (χ4n) is 2.11. The molecule has 30 heavy (non-hydrogen) atoms. The molecule has 0 aliphatic rings. The maximum absolute atomic E-state index is 13.3. The van der Waals surface area contributed by atoms with Gasteiger partial charge >= 0.3 is 36.1 Å².